The molecule has 1 aliphatic heterocycles. The number of pyridine rings is 1. The van der Waals surface area contributed by atoms with Gasteiger partial charge in [0.05, 0.1) is 10.5 Å². The third kappa shape index (κ3) is 5.21. The maximum Gasteiger partial charge on any atom is 0.326 e. The number of nitrogens with zero attached hydrogens (tertiary/aromatic N) is 3. The van der Waals surface area contributed by atoms with E-state index in [2.05, 4.69) is 31.1 Å². The van der Waals surface area contributed by atoms with Gasteiger partial charge in [-0.2, -0.15) is 4.39 Å². The average molecular weight is 572 g/mol. The fourth-order valence-electron chi connectivity index (χ4n) is 4.54. The molecule has 5 nitrogen and oxygen atoms in total. The van der Waals surface area contributed by atoms with Gasteiger partial charge >= 0.3 is 6.03 Å². The number of fused-ring (bicyclic) bond motifs is 3. The van der Waals surface area contributed by atoms with Crippen LogP contribution in [0.5, 0.6) is 0 Å². The van der Waals surface area contributed by atoms with Crippen LogP contribution in [-0.4, -0.2) is 33.6 Å². The van der Waals surface area contributed by atoms with E-state index in [4.69, 9.17) is 11.6 Å². The largest absolute Gasteiger partial charge is 0.333 e. The third-order valence-electron chi connectivity index (χ3n) is 6.24. The zero-order chi connectivity index (χ0) is 25.2. The molecule has 184 valence electrons. The lowest BCUT2D eigenvalue weighted by Gasteiger charge is -2.27. The first-order valence-corrected chi connectivity index (χ1v) is 12.6. The Morgan fingerprint density at radius 1 is 1.17 bits per heavy atom. The highest BCUT2D eigenvalue weighted by Gasteiger charge is 2.26. The van der Waals surface area contributed by atoms with Crippen LogP contribution >= 0.6 is 27.5 Å². The van der Waals surface area contributed by atoms with E-state index in [1.807, 2.05) is 30.4 Å². The molecule has 0 atom stereocenters. The smallest absolute Gasteiger partial charge is 0.326 e. The molecular weight excluding hydrogens is 550 g/mol. The van der Waals surface area contributed by atoms with Crippen LogP contribution < -0.4 is 5.32 Å². The molecule has 9 heteroatoms. The Labute approximate surface area is 220 Å². The lowest BCUT2D eigenvalue weighted by molar-refractivity contribution is 0.240. The summed E-state index contributed by atoms with van der Waals surface area (Å²) in [7, 11) is 0. The van der Waals surface area contributed by atoms with Crippen molar-refractivity contribution >= 4 is 50.5 Å². The molecule has 0 spiro atoms. The number of halogens is 4. The molecule has 0 unspecified atom stereocenters. The van der Waals surface area contributed by atoms with Gasteiger partial charge in [-0.3, -0.25) is 9.47 Å². The average Bonchev–Trinajstić information content (AvgIpc) is 3.18. The summed E-state index contributed by atoms with van der Waals surface area (Å²) < 4.78 is 29.5. The number of hydrogen-bond donors (Lipinski definition) is 1. The Balaban J connectivity index is 1.36. The Morgan fingerprint density at radius 2 is 2.03 bits per heavy atom. The first-order chi connectivity index (χ1) is 17.4. The predicted octanol–water partition coefficient (Wildman–Crippen LogP) is 6.56. The normalized spacial score (nSPS) is 13.9. The summed E-state index contributed by atoms with van der Waals surface area (Å²) in [4.78, 5) is 19.1. The molecule has 0 fully saturated rings. The Morgan fingerprint density at radius 3 is 2.83 bits per heavy atom. The lowest BCUT2D eigenvalue weighted by Crippen LogP contribution is -2.34. The number of amides is 1. The molecule has 1 aliphatic rings. The first kappa shape index (κ1) is 24.6. The van der Waals surface area contributed by atoms with E-state index in [1.54, 1.807) is 22.8 Å². The van der Waals surface area contributed by atoms with Crippen molar-refractivity contribution in [3.63, 3.8) is 0 Å². The monoisotopic (exact) mass is 570 g/mol. The van der Waals surface area contributed by atoms with E-state index in [1.165, 1.54) is 18.3 Å². The highest BCUT2D eigenvalue weighted by molar-refractivity contribution is 9.10. The molecule has 5 rings (SSSR count). The maximum absolute atomic E-state index is 13.4. The van der Waals surface area contributed by atoms with E-state index >= 15 is 0 Å². The number of aromatic nitrogens is 2. The van der Waals surface area contributed by atoms with Crippen molar-refractivity contribution in [2.45, 2.75) is 19.5 Å². The van der Waals surface area contributed by atoms with Gasteiger partial charge in [0, 0.05) is 54.3 Å². The molecule has 0 aliphatic carbocycles. The van der Waals surface area contributed by atoms with E-state index in [-0.39, 0.29) is 17.6 Å². The number of nitrogens with one attached hydrogen (secondary N) is 1. The second kappa shape index (κ2) is 10.5. The topological polar surface area (TPSA) is 50.2 Å². The Kier molecular flexibility index (Phi) is 7.18. The van der Waals surface area contributed by atoms with Gasteiger partial charge in [0.2, 0.25) is 5.95 Å². The number of hydrogen-bond acceptors (Lipinski definition) is 3. The quantitative estimate of drug-likeness (QED) is 0.276. The number of rotatable bonds is 5. The minimum absolute atomic E-state index is 0.102. The highest BCUT2D eigenvalue weighted by Crippen LogP contribution is 2.33. The molecular formula is C27H22BrClF2N4O. The van der Waals surface area contributed by atoms with Crippen LogP contribution in [0.15, 0.2) is 65.3 Å². The Hall–Kier alpha value is -3.07. The zero-order valence-corrected chi connectivity index (χ0v) is 21.5. The first-order valence-electron chi connectivity index (χ1n) is 11.4. The van der Waals surface area contributed by atoms with Crippen molar-refractivity contribution in [2.75, 3.05) is 13.1 Å². The molecule has 2 aromatic carbocycles. The van der Waals surface area contributed by atoms with Crippen molar-refractivity contribution in [3.8, 4) is 0 Å². The summed E-state index contributed by atoms with van der Waals surface area (Å²) in [6.45, 7) is 2.37. The molecule has 0 radical (unpaired) electrons. The molecule has 1 amide bonds. The SMILES string of the molecule is O=C(NCc1ccnc(F)c1)n1c2c(c3cc(Br)ccc31)CN(CC=Cc1ccc(F)c(Cl)c1)CC2. The molecule has 0 saturated heterocycles. The summed E-state index contributed by atoms with van der Waals surface area (Å²) in [5, 5.41) is 4.03. The highest BCUT2D eigenvalue weighted by atomic mass is 79.9. The van der Waals surface area contributed by atoms with Gasteiger partial charge in [-0.15, -0.1) is 0 Å². The standard InChI is InChI=1S/C27H22BrClF2N4O/c28-19-4-6-24-20(14-19)21-16-34(10-1-2-17-3-5-23(30)22(29)12-17)11-8-25(21)35(24)27(36)33-15-18-7-9-32-26(31)13-18/h1-7,9,12-14H,8,10-11,15-16H2,(H,33,36). The molecule has 0 saturated carbocycles. The minimum Gasteiger partial charge on any atom is -0.333 e. The van der Waals surface area contributed by atoms with Gasteiger partial charge < -0.3 is 5.32 Å². The molecule has 0 bridgehead atoms. The molecule has 36 heavy (non-hydrogen) atoms. The zero-order valence-electron chi connectivity index (χ0n) is 19.1. The van der Waals surface area contributed by atoms with Crippen LogP contribution in [0, 0.1) is 11.8 Å². The Bertz CT molecular complexity index is 1490. The molecule has 3 heterocycles. The van der Waals surface area contributed by atoms with Crippen LogP contribution in [0.25, 0.3) is 17.0 Å². The predicted molar refractivity (Wildman–Crippen MR) is 141 cm³/mol. The van der Waals surface area contributed by atoms with Crippen molar-refractivity contribution in [2.24, 2.45) is 0 Å². The van der Waals surface area contributed by atoms with Crippen LogP contribution in [0.4, 0.5) is 13.6 Å². The van der Waals surface area contributed by atoms with E-state index in [9.17, 15) is 13.6 Å². The second-order valence-electron chi connectivity index (χ2n) is 8.63. The van der Waals surface area contributed by atoms with Crippen molar-refractivity contribution in [1.82, 2.24) is 19.8 Å². The van der Waals surface area contributed by atoms with E-state index in [0.29, 0.717) is 25.1 Å². The van der Waals surface area contributed by atoms with Gasteiger partial charge in [-0.05, 0) is 59.2 Å². The van der Waals surface area contributed by atoms with Gasteiger partial charge in [-0.1, -0.05) is 45.7 Å². The van der Waals surface area contributed by atoms with Gasteiger partial charge in [0.1, 0.15) is 5.82 Å². The second-order valence-corrected chi connectivity index (χ2v) is 9.95. The van der Waals surface area contributed by atoms with Gasteiger partial charge in [0.25, 0.3) is 0 Å². The van der Waals surface area contributed by atoms with Crippen LogP contribution in [0.1, 0.15) is 22.4 Å². The number of carbonyl (C=O) groups is 1. The van der Waals surface area contributed by atoms with Gasteiger partial charge in [-0.25, -0.2) is 14.2 Å². The van der Waals surface area contributed by atoms with E-state index in [0.717, 1.165) is 38.7 Å². The van der Waals surface area contributed by atoms with Crippen LogP contribution in [0.3, 0.4) is 0 Å². The van der Waals surface area contributed by atoms with Crippen LogP contribution in [0.2, 0.25) is 5.02 Å². The maximum atomic E-state index is 13.4. The molecule has 4 aromatic rings. The minimum atomic E-state index is -0.577. The van der Waals surface area contributed by atoms with Gasteiger partial charge in [0.15, 0.2) is 0 Å². The molecule has 1 N–H and O–H groups in total. The summed E-state index contributed by atoms with van der Waals surface area (Å²) in [5.41, 5.74) is 4.41. The van der Waals surface area contributed by atoms with Crippen molar-refractivity contribution < 1.29 is 13.6 Å². The van der Waals surface area contributed by atoms with E-state index < -0.39 is 11.8 Å². The summed E-state index contributed by atoms with van der Waals surface area (Å²) >= 11 is 9.44. The number of benzene rings is 2. The summed E-state index contributed by atoms with van der Waals surface area (Å²) in [6, 6.07) is 13.3. The summed E-state index contributed by atoms with van der Waals surface area (Å²) in [5.74, 6) is -1.01. The molecule has 2 aromatic heterocycles. The van der Waals surface area contributed by atoms with Crippen molar-refractivity contribution in [3.05, 3.63) is 104 Å². The third-order valence-corrected chi connectivity index (χ3v) is 7.03. The summed E-state index contributed by atoms with van der Waals surface area (Å²) in [6.07, 6.45) is 6.05. The fraction of sp³-hybridized carbons (Fsp3) is 0.185. The lowest BCUT2D eigenvalue weighted by atomic mass is 10.0. The van der Waals surface area contributed by atoms with Crippen LogP contribution in [-0.2, 0) is 19.5 Å². The van der Waals surface area contributed by atoms with Crippen molar-refractivity contribution in [1.29, 1.82) is 0 Å². The number of carbonyl (C=O) groups excluding carboxylic acids is 1. The fourth-order valence-corrected chi connectivity index (χ4v) is 5.09.